The van der Waals surface area contributed by atoms with E-state index in [1.807, 2.05) is 6.07 Å². The molecular weight excluding hydrogens is 210 g/mol. The molecular formula is C11H16ClN3. The summed E-state index contributed by atoms with van der Waals surface area (Å²) in [5.41, 5.74) is 0. The van der Waals surface area contributed by atoms with Crippen molar-refractivity contribution in [1.29, 1.82) is 0 Å². The Morgan fingerprint density at radius 2 is 2.20 bits per heavy atom. The predicted molar refractivity (Wildman–Crippen MR) is 62.3 cm³/mol. The molecule has 1 aromatic rings. The van der Waals surface area contributed by atoms with Gasteiger partial charge < -0.3 is 4.90 Å². The monoisotopic (exact) mass is 225 g/mol. The highest BCUT2D eigenvalue weighted by molar-refractivity contribution is 6.29. The van der Waals surface area contributed by atoms with Crippen LogP contribution in [0.25, 0.3) is 0 Å². The van der Waals surface area contributed by atoms with Gasteiger partial charge >= 0.3 is 0 Å². The van der Waals surface area contributed by atoms with Crippen molar-refractivity contribution in [3.8, 4) is 0 Å². The minimum absolute atomic E-state index is 0.457. The van der Waals surface area contributed by atoms with Crippen LogP contribution >= 0.6 is 11.6 Å². The number of hydrogen-bond acceptors (Lipinski definition) is 3. The number of rotatable bonds is 4. The lowest BCUT2D eigenvalue weighted by Gasteiger charge is -2.32. The maximum atomic E-state index is 5.71. The average molecular weight is 226 g/mol. The fourth-order valence-electron chi connectivity index (χ4n) is 1.85. The Hall–Kier alpha value is -0.830. The van der Waals surface area contributed by atoms with Crippen LogP contribution in [0.5, 0.6) is 0 Å². The van der Waals surface area contributed by atoms with E-state index in [1.165, 1.54) is 19.3 Å². The first-order valence-electron chi connectivity index (χ1n) is 5.53. The lowest BCUT2D eigenvalue weighted by atomic mass is 9.85. The van der Waals surface area contributed by atoms with Gasteiger partial charge in [-0.2, -0.15) is 0 Å². The molecule has 0 atom stereocenters. The van der Waals surface area contributed by atoms with E-state index in [1.54, 1.807) is 6.07 Å². The maximum Gasteiger partial charge on any atom is 0.151 e. The van der Waals surface area contributed by atoms with Crippen molar-refractivity contribution < 1.29 is 0 Å². The molecule has 0 N–H and O–H groups in total. The van der Waals surface area contributed by atoms with Gasteiger partial charge in [0.15, 0.2) is 11.0 Å². The summed E-state index contributed by atoms with van der Waals surface area (Å²) in [4.78, 5) is 2.27. The highest BCUT2D eigenvalue weighted by Gasteiger charge is 2.20. The first kappa shape index (κ1) is 10.7. The lowest BCUT2D eigenvalue weighted by molar-refractivity contribution is 0.318. The van der Waals surface area contributed by atoms with Gasteiger partial charge in [0.05, 0.1) is 0 Å². The average Bonchev–Trinajstić information content (AvgIpc) is 2.19. The van der Waals surface area contributed by atoms with Crippen molar-refractivity contribution in [2.75, 3.05) is 18.0 Å². The Morgan fingerprint density at radius 3 is 2.67 bits per heavy atom. The van der Waals surface area contributed by atoms with Crippen LogP contribution in [-0.4, -0.2) is 23.3 Å². The van der Waals surface area contributed by atoms with Gasteiger partial charge in [-0.3, -0.25) is 0 Å². The first-order chi connectivity index (χ1) is 7.29. The van der Waals surface area contributed by atoms with E-state index in [2.05, 4.69) is 22.0 Å². The summed E-state index contributed by atoms with van der Waals surface area (Å²) in [7, 11) is 0. The van der Waals surface area contributed by atoms with E-state index >= 15 is 0 Å². The van der Waals surface area contributed by atoms with E-state index in [9.17, 15) is 0 Å². The zero-order valence-corrected chi connectivity index (χ0v) is 9.74. The number of hydrogen-bond donors (Lipinski definition) is 0. The summed E-state index contributed by atoms with van der Waals surface area (Å²) in [6.45, 7) is 4.23. The molecule has 0 saturated heterocycles. The number of halogens is 1. The van der Waals surface area contributed by atoms with E-state index in [0.717, 1.165) is 24.8 Å². The minimum Gasteiger partial charge on any atom is -0.355 e. The molecule has 1 aliphatic rings. The number of anilines is 1. The molecule has 15 heavy (non-hydrogen) atoms. The Morgan fingerprint density at radius 1 is 1.40 bits per heavy atom. The molecule has 0 unspecified atom stereocenters. The van der Waals surface area contributed by atoms with Crippen molar-refractivity contribution >= 4 is 17.4 Å². The zero-order valence-electron chi connectivity index (χ0n) is 8.99. The van der Waals surface area contributed by atoms with E-state index in [4.69, 9.17) is 11.6 Å². The van der Waals surface area contributed by atoms with Gasteiger partial charge in [0.1, 0.15) is 0 Å². The Balaban J connectivity index is 2.01. The van der Waals surface area contributed by atoms with Crippen LogP contribution in [0.4, 0.5) is 5.82 Å². The second-order valence-corrected chi connectivity index (χ2v) is 4.44. The minimum atomic E-state index is 0.457. The van der Waals surface area contributed by atoms with Crippen molar-refractivity contribution in [3.63, 3.8) is 0 Å². The standard InChI is InChI=1S/C11H16ClN3/c1-2-15(8-9-4-3-5-9)11-7-6-10(12)13-14-11/h6-7,9H,2-5,8H2,1H3. The SMILES string of the molecule is CCN(CC1CCC1)c1ccc(Cl)nn1. The third-order valence-corrected chi connectivity index (χ3v) is 3.23. The van der Waals surface area contributed by atoms with Gasteiger partial charge in [0.25, 0.3) is 0 Å². The second kappa shape index (κ2) is 4.79. The summed E-state index contributed by atoms with van der Waals surface area (Å²) in [5, 5.41) is 8.43. The number of aromatic nitrogens is 2. The predicted octanol–water partition coefficient (Wildman–Crippen LogP) is 2.76. The Kier molecular flexibility index (Phi) is 3.41. The molecule has 0 aromatic carbocycles. The second-order valence-electron chi connectivity index (χ2n) is 4.05. The Labute approximate surface area is 95.5 Å². The smallest absolute Gasteiger partial charge is 0.151 e. The molecule has 4 heteroatoms. The van der Waals surface area contributed by atoms with Crippen molar-refractivity contribution in [2.45, 2.75) is 26.2 Å². The highest BCUT2D eigenvalue weighted by atomic mass is 35.5. The molecule has 1 heterocycles. The van der Waals surface area contributed by atoms with Crippen LogP contribution in [0.15, 0.2) is 12.1 Å². The molecule has 1 aromatic heterocycles. The van der Waals surface area contributed by atoms with Crippen LogP contribution in [0, 0.1) is 5.92 Å². The number of nitrogens with zero attached hydrogens (tertiary/aromatic N) is 3. The normalized spacial score (nSPS) is 16.1. The summed E-state index contributed by atoms with van der Waals surface area (Å²) in [6.07, 6.45) is 4.10. The molecule has 0 bridgehead atoms. The molecule has 1 saturated carbocycles. The Bertz CT molecular complexity index is 308. The summed E-state index contributed by atoms with van der Waals surface area (Å²) < 4.78 is 0. The molecule has 0 radical (unpaired) electrons. The van der Waals surface area contributed by atoms with Gasteiger partial charge in [-0.1, -0.05) is 18.0 Å². The van der Waals surface area contributed by atoms with Crippen LogP contribution < -0.4 is 4.90 Å². The summed E-state index contributed by atoms with van der Waals surface area (Å²) in [6, 6.07) is 3.74. The third-order valence-electron chi connectivity index (χ3n) is 3.03. The summed E-state index contributed by atoms with van der Waals surface area (Å²) >= 11 is 5.71. The maximum absolute atomic E-state index is 5.71. The topological polar surface area (TPSA) is 29.0 Å². The quantitative estimate of drug-likeness (QED) is 0.789. The molecule has 0 aliphatic heterocycles. The van der Waals surface area contributed by atoms with E-state index in [0.29, 0.717) is 5.15 Å². The van der Waals surface area contributed by atoms with Gasteiger partial charge in [-0.15, -0.1) is 10.2 Å². The van der Waals surface area contributed by atoms with Crippen LogP contribution in [0.3, 0.4) is 0 Å². The molecule has 0 spiro atoms. The van der Waals surface area contributed by atoms with Crippen molar-refractivity contribution in [3.05, 3.63) is 17.3 Å². The molecule has 3 nitrogen and oxygen atoms in total. The van der Waals surface area contributed by atoms with Gasteiger partial charge in [-0.25, -0.2) is 0 Å². The van der Waals surface area contributed by atoms with E-state index in [-0.39, 0.29) is 0 Å². The van der Waals surface area contributed by atoms with Gasteiger partial charge in [0.2, 0.25) is 0 Å². The molecule has 2 rings (SSSR count). The highest BCUT2D eigenvalue weighted by Crippen LogP contribution is 2.28. The van der Waals surface area contributed by atoms with Gasteiger partial charge in [-0.05, 0) is 37.8 Å². The van der Waals surface area contributed by atoms with E-state index < -0.39 is 0 Å². The molecule has 0 amide bonds. The van der Waals surface area contributed by atoms with Gasteiger partial charge in [0, 0.05) is 13.1 Å². The van der Waals surface area contributed by atoms with Crippen LogP contribution in [0.2, 0.25) is 5.15 Å². The largest absolute Gasteiger partial charge is 0.355 e. The van der Waals surface area contributed by atoms with Crippen LogP contribution in [-0.2, 0) is 0 Å². The molecule has 1 aliphatic carbocycles. The van der Waals surface area contributed by atoms with Crippen molar-refractivity contribution in [1.82, 2.24) is 10.2 Å². The summed E-state index contributed by atoms with van der Waals surface area (Å²) in [5.74, 6) is 1.79. The first-order valence-corrected chi connectivity index (χ1v) is 5.91. The van der Waals surface area contributed by atoms with Crippen molar-refractivity contribution in [2.24, 2.45) is 5.92 Å². The fraction of sp³-hybridized carbons (Fsp3) is 0.636. The third kappa shape index (κ3) is 2.59. The molecule has 1 fully saturated rings. The molecule has 82 valence electrons. The fourth-order valence-corrected chi connectivity index (χ4v) is 1.95. The zero-order chi connectivity index (χ0) is 10.7. The van der Waals surface area contributed by atoms with Crippen LogP contribution in [0.1, 0.15) is 26.2 Å². The lowest BCUT2D eigenvalue weighted by Crippen LogP contribution is -2.33.